The zero-order valence-corrected chi connectivity index (χ0v) is 14.0. The van der Waals surface area contributed by atoms with Gasteiger partial charge in [0.05, 0.1) is 17.8 Å². The van der Waals surface area contributed by atoms with Crippen molar-refractivity contribution in [3.63, 3.8) is 0 Å². The van der Waals surface area contributed by atoms with Gasteiger partial charge in [-0.3, -0.25) is 4.79 Å². The first-order chi connectivity index (χ1) is 11.0. The second-order valence-corrected chi connectivity index (χ2v) is 5.28. The molecule has 4 heteroatoms. The van der Waals surface area contributed by atoms with Gasteiger partial charge in [-0.1, -0.05) is 49.7 Å². The van der Waals surface area contributed by atoms with Crippen LogP contribution < -0.4 is 0 Å². The second-order valence-electron chi connectivity index (χ2n) is 5.28. The van der Waals surface area contributed by atoms with Crippen LogP contribution >= 0.6 is 0 Å². The smallest absolute Gasteiger partial charge is 0.309 e. The largest absolute Gasteiger partial charge is 0.481 e. The van der Waals surface area contributed by atoms with Crippen LogP contribution in [0.4, 0.5) is 0 Å². The molecule has 0 fully saturated rings. The van der Waals surface area contributed by atoms with Crippen molar-refractivity contribution in [1.82, 2.24) is 9.38 Å². The summed E-state index contributed by atoms with van der Waals surface area (Å²) in [5.41, 5.74) is 5.40. The molecule has 3 rings (SSSR count). The van der Waals surface area contributed by atoms with Gasteiger partial charge in [-0.2, -0.15) is 0 Å². The lowest BCUT2D eigenvalue weighted by molar-refractivity contribution is -0.136. The van der Waals surface area contributed by atoms with Crippen molar-refractivity contribution in [3.8, 4) is 11.3 Å². The highest BCUT2D eigenvalue weighted by Gasteiger charge is 2.16. The minimum Gasteiger partial charge on any atom is -0.481 e. The molecular formula is C19H22N2O2. The lowest BCUT2D eigenvalue weighted by Gasteiger charge is -2.04. The summed E-state index contributed by atoms with van der Waals surface area (Å²) < 4.78 is 1.87. The number of carbonyl (C=O) groups is 1. The van der Waals surface area contributed by atoms with Crippen LogP contribution in [0.1, 0.15) is 30.7 Å². The highest BCUT2D eigenvalue weighted by atomic mass is 16.4. The monoisotopic (exact) mass is 310 g/mol. The Hall–Kier alpha value is -2.62. The highest BCUT2D eigenvalue weighted by molar-refractivity contribution is 5.76. The fourth-order valence-electron chi connectivity index (χ4n) is 2.45. The van der Waals surface area contributed by atoms with Gasteiger partial charge in [0.1, 0.15) is 5.65 Å². The van der Waals surface area contributed by atoms with Crippen molar-refractivity contribution in [1.29, 1.82) is 0 Å². The molecular weight excluding hydrogens is 288 g/mol. The predicted molar refractivity (Wildman–Crippen MR) is 92.8 cm³/mol. The van der Waals surface area contributed by atoms with E-state index in [0.29, 0.717) is 5.69 Å². The van der Waals surface area contributed by atoms with Gasteiger partial charge < -0.3 is 9.51 Å². The number of pyridine rings is 1. The van der Waals surface area contributed by atoms with Crippen molar-refractivity contribution >= 4 is 11.6 Å². The van der Waals surface area contributed by atoms with Gasteiger partial charge in [-0.05, 0) is 25.5 Å². The Morgan fingerprint density at radius 3 is 2.26 bits per heavy atom. The summed E-state index contributed by atoms with van der Waals surface area (Å²) >= 11 is 0. The van der Waals surface area contributed by atoms with E-state index in [-0.39, 0.29) is 6.42 Å². The number of aliphatic carboxylic acids is 1. The average molecular weight is 310 g/mol. The number of imidazole rings is 1. The molecule has 0 unspecified atom stereocenters. The SMILES string of the molecule is CC.Cc1ccc(-c2nc3ccc(C)cn3c2CC(=O)O)cc1. The van der Waals surface area contributed by atoms with E-state index in [1.165, 1.54) is 0 Å². The van der Waals surface area contributed by atoms with Crippen molar-refractivity contribution in [2.75, 3.05) is 0 Å². The molecule has 1 N–H and O–H groups in total. The van der Waals surface area contributed by atoms with Gasteiger partial charge in [-0.25, -0.2) is 4.98 Å². The first kappa shape index (κ1) is 16.7. The van der Waals surface area contributed by atoms with E-state index in [1.54, 1.807) is 0 Å². The number of aryl methyl sites for hydroxylation is 2. The Morgan fingerprint density at radius 2 is 1.65 bits per heavy atom. The number of carboxylic acids is 1. The number of carboxylic acid groups (broad SMARTS) is 1. The zero-order valence-electron chi connectivity index (χ0n) is 14.0. The number of aromatic nitrogens is 2. The van der Waals surface area contributed by atoms with Crippen LogP contribution in [0.2, 0.25) is 0 Å². The molecule has 3 aromatic rings. The van der Waals surface area contributed by atoms with E-state index in [4.69, 9.17) is 0 Å². The lowest BCUT2D eigenvalue weighted by Crippen LogP contribution is -2.05. The average Bonchev–Trinajstić information content (AvgIpc) is 2.87. The minimum absolute atomic E-state index is 0.0478. The van der Waals surface area contributed by atoms with Gasteiger partial charge in [-0.15, -0.1) is 0 Å². The van der Waals surface area contributed by atoms with Crippen LogP contribution in [0.3, 0.4) is 0 Å². The molecule has 0 saturated carbocycles. The Morgan fingerprint density at radius 1 is 1.04 bits per heavy atom. The molecule has 0 radical (unpaired) electrons. The summed E-state index contributed by atoms with van der Waals surface area (Å²) in [5, 5.41) is 9.19. The van der Waals surface area contributed by atoms with Gasteiger partial charge in [0.2, 0.25) is 0 Å². The van der Waals surface area contributed by atoms with Crippen molar-refractivity contribution < 1.29 is 9.90 Å². The maximum Gasteiger partial charge on any atom is 0.309 e. The number of rotatable bonds is 3. The van der Waals surface area contributed by atoms with Gasteiger partial charge >= 0.3 is 5.97 Å². The van der Waals surface area contributed by atoms with E-state index < -0.39 is 5.97 Å². The number of benzene rings is 1. The number of hydrogen-bond donors (Lipinski definition) is 1. The molecule has 4 nitrogen and oxygen atoms in total. The molecule has 0 saturated heterocycles. The molecule has 0 aliphatic rings. The van der Waals surface area contributed by atoms with Crippen LogP contribution in [-0.2, 0) is 11.2 Å². The fraction of sp³-hybridized carbons (Fsp3) is 0.263. The first-order valence-electron chi connectivity index (χ1n) is 7.81. The van der Waals surface area contributed by atoms with Crippen LogP contribution in [0.15, 0.2) is 42.6 Å². The second kappa shape index (κ2) is 7.09. The topological polar surface area (TPSA) is 54.6 Å². The van der Waals surface area contributed by atoms with Crippen molar-refractivity contribution in [2.24, 2.45) is 0 Å². The standard InChI is InChI=1S/C17H16N2O2.C2H6/c1-11-3-6-13(7-4-11)17-14(9-16(20)21)19-10-12(2)5-8-15(19)18-17;1-2/h3-8,10H,9H2,1-2H3,(H,20,21);1-2H3. The van der Waals surface area contributed by atoms with Crippen molar-refractivity contribution in [2.45, 2.75) is 34.1 Å². The maximum atomic E-state index is 11.2. The van der Waals surface area contributed by atoms with Gasteiger partial charge in [0.25, 0.3) is 0 Å². The fourth-order valence-corrected chi connectivity index (χ4v) is 2.45. The Bertz CT molecular complexity index is 817. The number of nitrogens with zero attached hydrogens (tertiary/aromatic N) is 2. The predicted octanol–water partition coefficient (Wildman–Crippen LogP) is 4.27. The van der Waals surface area contributed by atoms with Crippen LogP contribution in [0, 0.1) is 13.8 Å². The third-order valence-electron chi connectivity index (χ3n) is 3.51. The maximum absolute atomic E-state index is 11.2. The summed E-state index contributed by atoms with van der Waals surface area (Å²) in [7, 11) is 0. The molecule has 0 amide bonds. The molecule has 2 heterocycles. The summed E-state index contributed by atoms with van der Waals surface area (Å²) in [6, 6.07) is 11.9. The van der Waals surface area contributed by atoms with Crippen LogP contribution in [0.25, 0.3) is 16.9 Å². The quantitative estimate of drug-likeness (QED) is 0.786. The minimum atomic E-state index is -0.855. The van der Waals surface area contributed by atoms with Gasteiger partial charge in [0, 0.05) is 11.8 Å². The summed E-state index contributed by atoms with van der Waals surface area (Å²) in [4.78, 5) is 15.8. The number of hydrogen-bond acceptors (Lipinski definition) is 2. The normalized spacial score (nSPS) is 10.3. The molecule has 120 valence electrons. The molecule has 1 aromatic carbocycles. The zero-order chi connectivity index (χ0) is 17.0. The molecule has 0 bridgehead atoms. The molecule has 0 spiro atoms. The molecule has 2 aromatic heterocycles. The molecule has 23 heavy (non-hydrogen) atoms. The third kappa shape index (κ3) is 3.59. The summed E-state index contributed by atoms with van der Waals surface area (Å²) in [5.74, 6) is -0.855. The van der Waals surface area contributed by atoms with Crippen LogP contribution in [0.5, 0.6) is 0 Å². The Balaban J connectivity index is 0.000000924. The third-order valence-corrected chi connectivity index (χ3v) is 3.51. The summed E-state index contributed by atoms with van der Waals surface area (Å²) in [6.07, 6.45) is 1.88. The Labute approximate surface area is 136 Å². The van der Waals surface area contributed by atoms with E-state index in [2.05, 4.69) is 4.98 Å². The van der Waals surface area contributed by atoms with Crippen molar-refractivity contribution in [3.05, 3.63) is 59.4 Å². The van der Waals surface area contributed by atoms with E-state index >= 15 is 0 Å². The van der Waals surface area contributed by atoms with Gasteiger partial charge in [0.15, 0.2) is 0 Å². The van der Waals surface area contributed by atoms with E-state index in [9.17, 15) is 9.90 Å². The highest BCUT2D eigenvalue weighted by Crippen LogP contribution is 2.25. The number of fused-ring (bicyclic) bond motifs is 1. The van der Waals surface area contributed by atoms with Crippen LogP contribution in [-0.4, -0.2) is 20.5 Å². The molecule has 0 aliphatic heterocycles. The molecule has 0 atom stereocenters. The molecule has 0 aliphatic carbocycles. The van der Waals surface area contributed by atoms with E-state index in [0.717, 1.165) is 28.0 Å². The first-order valence-corrected chi connectivity index (χ1v) is 7.81. The Kier molecular flexibility index (Phi) is 5.16. The lowest BCUT2D eigenvalue weighted by atomic mass is 10.1. The summed E-state index contributed by atoms with van der Waals surface area (Å²) in [6.45, 7) is 8.00. The van der Waals surface area contributed by atoms with E-state index in [1.807, 2.05) is 74.7 Å².